The molecule has 3 N–H and O–H groups in total. The van der Waals surface area contributed by atoms with E-state index in [2.05, 4.69) is 4.99 Å². The second kappa shape index (κ2) is 4.66. The average molecular weight is 247 g/mol. The highest BCUT2D eigenvalue weighted by atomic mass is 16.3. The third-order valence-electron chi connectivity index (χ3n) is 2.24. The average Bonchev–Trinajstić information content (AvgIpc) is 2.27. The molecule has 92 valence electrons. The summed E-state index contributed by atoms with van der Waals surface area (Å²) in [6.07, 6.45) is 1.12. The Kier molecular flexibility index (Phi) is 3.05. The van der Waals surface area contributed by atoms with Gasteiger partial charge in [-0.05, 0) is 12.1 Å². The smallest absolute Gasteiger partial charge is 0.328 e. The monoisotopic (exact) mass is 247 g/mol. The van der Waals surface area contributed by atoms with E-state index in [9.17, 15) is 19.5 Å². The second-order valence-electron chi connectivity index (χ2n) is 3.58. The van der Waals surface area contributed by atoms with Gasteiger partial charge >= 0.3 is 6.03 Å². The lowest BCUT2D eigenvalue weighted by atomic mass is 10.1. The summed E-state index contributed by atoms with van der Waals surface area (Å²) < 4.78 is 0. The van der Waals surface area contributed by atoms with Crippen LogP contribution in [0.1, 0.15) is 0 Å². The Hall–Kier alpha value is -2.70. The lowest BCUT2D eigenvalue weighted by Gasteiger charge is -2.16. The lowest BCUT2D eigenvalue weighted by Crippen LogP contribution is -2.56. The molecule has 1 fully saturated rings. The van der Waals surface area contributed by atoms with Crippen molar-refractivity contribution in [3.05, 3.63) is 24.3 Å². The number of phenolic OH excluding ortho intramolecular Hbond substituents is 1. The van der Waals surface area contributed by atoms with Crippen molar-refractivity contribution in [2.24, 2.45) is 10.9 Å². The number of benzene rings is 1. The summed E-state index contributed by atoms with van der Waals surface area (Å²) in [5.41, 5.74) is 0.396. The number of nitrogens with one attached hydrogen (secondary N) is 2. The SMILES string of the molecule is O=C1NC(=O)C(C=Nc2cccc(O)c2)C(=O)N1. The van der Waals surface area contributed by atoms with Crippen molar-refractivity contribution in [3.8, 4) is 5.75 Å². The minimum absolute atomic E-state index is 0.0253. The van der Waals surface area contributed by atoms with Gasteiger partial charge in [0.25, 0.3) is 0 Å². The van der Waals surface area contributed by atoms with Gasteiger partial charge in [0.05, 0.1) is 5.69 Å². The molecule has 0 bridgehead atoms. The summed E-state index contributed by atoms with van der Waals surface area (Å²) in [6.45, 7) is 0. The Morgan fingerprint density at radius 1 is 1.17 bits per heavy atom. The summed E-state index contributed by atoms with van der Waals surface area (Å²) in [7, 11) is 0. The third-order valence-corrected chi connectivity index (χ3v) is 2.24. The first-order valence-corrected chi connectivity index (χ1v) is 5.05. The zero-order valence-corrected chi connectivity index (χ0v) is 9.08. The Morgan fingerprint density at radius 2 is 1.83 bits per heavy atom. The van der Waals surface area contributed by atoms with Crippen LogP contribution >= 0.6 is 0 Å². The van der Waals surface area contributed by atoms with E-state index in [1.807, 2.05) is 10.6 Å². The van der Waals surface area contributed by atoms with Gasteiger partial charge in [-0.25, -0.2) is 4.79 Å². The number of amides is 4. The molecule has 0 atom stereocenters. The van der Waals surface area contributed by atoms with E-state index in [-0.39, 0.29) is 5.75 Å². The highest BCUT2D eigenvalue weighted by molar-refractivity contribution is 6.23. The first kappa shape index (κ1) is 11.8. The van der Waals surface area contributed by atoms with Crippen LogP contribution in [0.3, 0.4) is 0 Å². The zero-order valence-electron chi connectivity index (χ0n) is 9.08. The molecule has 1 aliphatic rings. The molecule has 0 spiro atoms. The van der Waals surface area contributed by atoms with Crippen molar-refractivity contribution in [2.45, 2.75) is 0 Å². The Balaban J connectivity index is 2.16. The van der Waals surface area contributed by atoms with E-state index in [4.69, 9.17) is 0 Å². The second-order valence-corrected chi connectivity index (χ2v) is 3.58. The number of aliphatic imine (C=N–C) groups is 1. The van der Waals surface area contributed by atoms with Crippen molar-refractivity contribution in [3.63, 3.8) is 0 Å². The van der Waals surface area contributed by atoms with E-state index in [1.54, 1.807) is 12.1 Å². The van der Waals surface area contributed by atoms with Gasteiger partial charge in [0.1, 0.15) is 5.75 Å². The Labute approximate surface area is 102 Å². The van der Waals surface area contributed by atoms with Gasteiger partial charge in [0, 0.05) is 12.3 Å². The first-order chi connectivity index (χ1) is 8.56. The number of nitrogens with zero attached hydrogens (tertiary/aromatic N) is 1. The number of imide groups is 2. The molecular formula is C11H9N3O4. The van der Waals surface area contributed by atoms with Gasteiger partial charge < -0.3 is 5.11 Å². The highest BCUT2D eigenvalue weighted by Crippen LogP contribution is 2.18. The predicted octanol–water partition coefficient (Wildman–Crippen LogP) is 0.0767. The maximum absolute atomic E-state index is 11.4. The summed E-state index contributed by atoms with van der Waals surface area (Å²) >= 11 is 0. The number of hydrogen-bond donors (Lipinski definition) is 3. The molecule has 7 heteroatoms. The molecular weight excluding hydrogens is 238 g/mol. The van der Waals surface area contributed by atoms with E-state index in [1.165, 1.54) is 12.1 Å². The first-order valence-electron chi connectivity index (χ1n) is 5.05. The number of carbonyl (C=O) groups is 3. The number of carbonyl (C=O) groups excluding carboxylic acids is 3. The fourth-order valence-electron chi connectivity index (χ4n) is 1.40. The molecule has 0 radical (unpaired) electrons. The van der Waals surface area contributed by atoms with Gasteiger partial charge in [-0.1, -0.05) is 6.07 Å². The fourth-order valence-corrected chi connectivity index (χ4v) is 1.40. The molecule has 18 heavy (non-hydrogen) atoms. The van der Waals surface area contributed by atoms with E-state index in [0.29, 0.717) is 5.69 Å². The maximum Gasteiger partial charge on any atom is 0.328 e. The van der Waals surface area contributed by atoms with Gasteiger partial charge in [-0.3, -0.25) is 25.2 Å². The quantitative estimate of drug-likeness (QED) is 0.508. The van der Waals surface area contributed by atoms with Crippen LogP contribution in [-0.4, -0.2) is 29.2 Å². The van der Waals surface area contributed by atoms with Crippen molar-refractivity contribution in [1.82, 2.24) is 10.6 Å². The summed E-state index contributed by atoms with van der Waals surface area (Å²) in [5, 5.41) is 13.1. The van der Waals surface area contributed by atoms with Crippen LogP contribution in [-0.2, 0) is 9.59 Å². The normalized spacial score (nSPS) is 16.8. The summed E-state index contributed by atoms with van der Waals surface area (Å²) in [4.78, 5) is 37.4. The van der Waals surface area contributed by atoms with Crippen molar-refractivity contribution >= 4 is 29.7 Å². The van der Waals surface area contributed by atoms with E-state index in [0.717, 1.165) is 6.21 Å². The molecule has 2 rings (SSSR count). The molecule has 0 aromatic heterocycles. The van der Waals surface area contributed by atoms with Gasteiger partial charge in [-0.2, -0.15) is 0 Å². The molecule has 0 unspecified atom stereocenters. The van der Waals surface area contributed by atoms with Crippen molar-refractivity contribution in [1.29, 1.82) is 0 Å². The fraction of sp³-hybridized carbons (Fsp3) is 0.0909. The van der Waals surface area contributed by atoms with Crippen LogP contribution in [0.5, 0.6) is 5.75 Å². The van der Waals surface area contributed by atoms with Gasteiger partial charge in [0.2, 0.25) is 11.8 Å². The predicted molar refractivity (Wildman–Crippen MR) is 61.4 cm³/mol. The number of rotatable bonds is 2. The standard InChI is InChI=1S/C11H9N3O4/c15-7-3-1-2-6(4-7)12-5-8-9(16)13-11(18)14-10(8)17/h1-5,8,15H,(H2,13,14,16,17,18). The molecule has 7 nitrogen and oxygen atoms in total. The molecule has 0 saturated carbocycles. The van der Waals surface area contributed by atoms with Crippen LogP contribution in [0.2, 0.25) is 0 Å². The van der Waals surface area contributed by atoms with E-state index >= 15 is 0 Å². The third kappa shape index (κ3) is 2.51. The zero-order chi connectivity index (χ0) is 13.1. The molecule has 4 amide bonds. The topological polar surface area (TPSA) is 108 Å². The Bertz CT molecular complexity index is 533. The largest absolute Gasteiger partial charge is 0.508 e. The van der Waals surface area contributed by atoms with Crippen LogP contribution in [0.15, 0.2) is 29.3 Å². The van der Waals surface area contributed by atoms with Crippen LogP contribution < -0.4 is 10.6 Å². The Morgan fingerprint density at radius 3 is 2.44 bits per heavy atom. The molecule has 1 aliphatic heterocycles. The summed E-state index contributed by atoms with van der Waals surface area (Å²) in [5.74, 6) is -2.59. The van der Waals surface area contributed by atoms with Crippen molar-refractivity contribution < 1.29 is 19.5 Å². The molecule has 1 aromatic carbocycles. The highest BCUT2D eigenvalue weighted by Gasteiger charge is 2.32. The number of barbiturate groups is 1. The van der Waals surface area contributed by atoms with Crippen LogP contribution in [0, 0.1) is 5.92 Å². The summed E-state index contributed by atoms with van der Waals surface area (Å²) in [6, 6.07) is 5.18. The van der Waals surface area contributed by atoms with Gasteiger partial charge in [-0.15, -0.1) is 0 Å². The van der Waals surface area contributed by atoms with Crippen molar-refractivity contribution in [2.75, 3.05) is 0 Å². The minimum atomic E-state index is -1.16. The number of phenols is 1. The van der Waals surface area contributed by atoms with Crippen LogP contribution in [0.25, 0.3) is 0 Å². The number of urea groups is 1. The lowest BCUT2D eigenvalue weighted by molar-refractivity contribution is -0.132. The van der Waals surface area contributed by atoms with Crippen LogP contribution in [0.4, 0.5) is 10.5 Å². The number of aromatic hydroxyl groups is 1. The molecule has 1 heterocycles. The molecule has 1 saturated heterocycles. The molecule has 1 aromatic rings. The minimum Gasteiger partial charge on any atom is -0.508 e. The maximum atomic E-state index is 11.4. The van der Waals surface area contributed by atoms with Gasteiger partial charge in [0.15, 0.2) is 5.92 Å². The molecule has 0 aliphatic carbocycles. The van der Waals surface area contributed by atoms with E-state index < -0.39 is 23.8 Å². The number of hydrogen-bond acceptors (Lipinski definition) is 5.